The second-order valence-electron chi connectivity index (χ2n) is 5.32. The van der Waals surface area contributed by atoms with E-state index in [9.17, 15) is 0 Å². The van der Waals surface area contributed by atoms with E-state index in [1.165, 1.54) is 5.39 Å². The van der Waals surface area contributed by atoms with E-state index in [0.29, 0.717) is 0 Å². The van der Waals surface area contributed by atoms with Gasteiger partial charge in [-0.3, -0.25) is 0 Å². The van der Waals surface area contributed by atoms with E-state index in [4.69, 9.17) is 0 Å². The van der Waals surface area contributed by atoms with Crippen LogP contribution >= 0.6 is 0 Å². The Morgan fingerprint density at radius 2 is 1.18 bits per heavy atom. The molecule has 0 aliphatic rings. The summed E-state index contributed by atoms with van der Waals surface area (Å²) in [6, 6.07) is 19.6. The van der Waals surface area contributed by atoms with Crippen molar-refractivity contribution < 1.29 is 65.4 Å². The second kappa shape index (κ2) is 19.7. The van der Waals surface area contributed by atoms with Gasteiger partial charge in [0.1, 0.15) is 0 Å². The average Bonchev–Trinajstić information content (AvgIpc) is 2.70. The Balaban J connectivity index is 0. The number of hydrogen-bond donors (Lipinski definition) is 0. The molecule has 2 aromatic heterocycles. The smallest absolute Gasteiger partial charge is 0.0219 e. The molecule has 0 saturated heterocycles. The van der Waals surface area contributed by atoms with Gasteiger partial charge in [0.05, 0.1) is 0 Å². The largest absolute Gasteiger partial charge is 0.386 e. The number of aromatic nitrogens is 3. The topological polar surface area (TPSA) is 38.7 Å². The van der Waals surface area contributed by atoms with Gasteiger partial charge in [-0.1, -0.05) is 66.3 Å². The van der Waals surface area contributed by atoms with Crippen LogP contribution in [0.25, 0.3) is 21.8 Å². The van der Waals surface area contributed by atoms with Crippen LogP contribution in [0, 0.1) is 25.4 Å². The van der Waals surface area contributed by atoms with Crippen LogP contribution in [-0.2, 0) is 65.4 Å². The molecular formula is C23H25N3Y2-4. The second-order valence-corrected chi connectivity index (χ2v) is 5.32. The van der Waals surface area contributed by atoms with Crippen molar-refractivity contribution in [1.29, 1.82) is 0 Å². The van der Waals surface area contributed by atoms with Crippen LogP contribution in [0.3, 0.4) is 0 Å². The summed E-state index contributed by atoms with van der Waals surface area (Å²) in [7, 11) is 0. The molecule has 3 nitrogen and oxygen atoms in total. The van der Waals surface area contributed by atoms with E-state index in [1.54, 1.807) is 6.20 Å². The number of hydrogen-bond acceptors (Lipinski definition) is 3. The van der Waals surface area contributed by atoms with Crippen molar-refractivity contribution in [2.45, 2.75) is 27.7 Å². The van der Waals surface area contributed by atoms with Gasteiger partial charge in [-0.25, -0.2) is 0 Å². The third-order valence-electron chi connectivity index (χ3n) is 2.83. The molecule has 0 aliphatic heterocycles. The predicted octanol–water partition coefficient (Wildman–Crippen LogP) is 5.92. The summed E-state index contributed by atoms with van der Waals surface area (Å²) in [4.78, 5) is 11.8. The van der Waals surface area contributed by atoms with E-state index >= 15 is 0 Å². The molecule has 2 aromatic carbocycles. The van der Waals surface area contributed by atoms with Crippen molar-refractivity contribution >= 4 is 21.8 Å². The molecule has 0 bridgehead atoms. The Bertz CT molecular complexity index is 666. The SMILES string of the molecule is C[CH-]C.C[CH-]C.[Y].[Y].[c-]1ccc2ccccc2n1.[c-]1ncc2ccccc2n1. The van der Waals surface area contributed by atoms with E-state index in [-0.39, 0.29) is 65.4 Å². The van der Waals surface area contributed by atoms with Gasteiger partial charge < -0.3 is 27.8 Å². The van der Waals surface area contributed by atoms with Gasteiger partial charge >= 0.3 is 0 Å². The molecule has 0 amide bonds. The fourth-order valence-corrected chi connectivity index (χ4v) is 1.84. The van der Waals surface area contributed by atoms with Crippen LogP contribution in [0.4, 0.5) is 0 Å². The molecule has 4 aromatic rings. The first-order chi connectivity index (χ1) is 12.8. The molecule has 28 heavy (non-hydrogen) atoms. The minimum Gasteiger partial charge on any atom is -0.386 e. The first-order valence-electron chi connectivity index (χ1n) is 8.54. The Morgan fingerprint density at radius 1 is 0.679 bits per heavy atom. The standard InChI is InChI=1S/C9H6N.C8H5N2.2C3H7.2Y/c1-2-6-9-8(4-1)5-3-7-10-9;1-2-4-8-7(3-1)5-9-6-10-8;2*1-3-2;;/h1-6H;1-5H;2*3H,1-2H3;;/q4*-1;;. The van der Waals surface area contributed by atoms with Crippen LogP contribution in [0.15, 0.2) is 66.9 Å². The normalized spacial score (nSPS) is 8.43. The molecule has 0 spiro atoms. The zero-order valence-corrected chi connectivity index (χ0v) is 22.7. The summed E-state index contributed by atoms with van der Waals surface area (Å²) in [5.74, 6) is 0. The van der Waals surface area contributed by atoms with Crippen LogP contribution < -0.4 is 0 Å². The molecule has 0 fully saturated rings. The first-order valence-corrected chi connectivity index (χ1v) is 8.54. The van der Waals surface area contributed by atoms with Crippen LogP contribution in [0.5, 0.6) is 0 Å². The van der Waals surface area contributed by atoms with Crippen molar-refractivity contribution in [1.82, 2.24) is 15.0 Å². The van der Waals surface area contributed by atoms with Gasteiger partial charge in [0.25, 0.3) is 0 Å². The number of pyridine rings is 1. The molecular weight excluding hydrogens is 496 g/mol. The van der Waals surface area contributed by atoms with Gasteiger partial charge in [-0.05, 0) is 11.0 Å². The van der Waals surface area contributed by atoms with Gasteiger partial charge in [-0.15, -0.1) is 5.39 Å². The van der Waals surface area contributed by atoms with Gasteiger partial charge in [0.15, 0.2) is 0 Å². The van der Waals surface area contributed by atoms with Gasteiger partial charge in [0, 0.05) is 71.7 Å². The molecule has 4 rings (SSSR count). The summed E-state index contributed by atoms with van der Waals surface area (Å²) >= 11 is 0. The monoisotopic (exact) mass is 521 g/mol. The minimum absolute atomic E-state index is 0. The van der Waals surface area contributed by atoms with Crippen molar-refractivity contribution in [3.8, 4) is 0 Å². The third kappa shape index (κ3) is 12.1. The van der Waals surface area contributed by atoms with Gasteiger partial charge in [0.2, 0.25) is 0 Å². The number of rotatable bonds is 0. The molecule has 0 aliphatic carbocycles. The maximum atomic E-state index is 4.06. The third-order valence-corrected chi connectivity index (χ3v) is 2.83. The van der Waals surface area contributed by atoms with Crippen molar-refractivity contribution in [2.24, 2.45) is 0 Å². The Kier molecular flexibility index (Phi) is 20.8. The van der Waals surface area contributed by atoms with Crippen LogP contribution in [-0.4, -0.2) is 15.0 Å². The molecule has 2 heterocycles. The van der Waals surface area contributed by atoms with Crippen LogP contribution in [0.2, 0.25) is 0 Å². The minimum atomic E-state index is 0. The number of benzene rings is 2. The molecule has 5 heteroatoms. The zero-order chi connectivity index (χ0) is 19.0. The fourth-order valence-electron chi connectivity index (χ4n) is 1.84. The molecule has 0 unspecified atom stereocenters. The van der Waals surface area contributed by atoms with Crippen LogP contribution in [0.1, 0.15) is 27.7 Å². The summed E-state index contributed by atoms with van der Waals surface area (Å²) in [6.45, 7) is 8.00. The number of para-hydroxylation sites is 2. The van der Waals surface area contributed by atoms with Crippen molar-refractivity contribution in [3.05, 3.63) is 92.2 Å². The molecule has 0 atom stereocenters. The number of nitrogens with zero attached hydrogens (tertiary/aromatic N) is 3. The van der Waals surface area contributed by atoms with Gasteiger partial charge in [-0.2, -0.15) is 39.8 Å². The Morgan fingerprint density at radius 3 is 1.71 bits per heavy atom. The maximum absolute atomic E-state index is 4.06. The maximum Gasteiger partial charge on any atom is 0.0219 e. The van der Waals surface area contributed by atoms with E-state index in [2.05, 4.69) is 27.5 Å². The van der Waals surface area contributed by atoms with Crippen molar-refractivity contribution in [2.75, 3.05) is 0 Å². The summed E-state index contributed by atoms with van der Waals surface area (Å²) in [6.07, 6.45) is 11.1. The van der Waals surface area contributed by atoms with E-state index < -0.39 is 0 Å². The summed E-state index contributed by atoms with van der Waals surface area (Å²) < 4.78 is 0. The van der Waals surface area contributed by atoms with Crippen molar-refractivity contribution in [3.63, 3.8) is 0 Å². The van der Waals surface area contributed by atoms with E-state index in [1.807, 2.05) is 101 Å². The molecule has 0 saturated carbocycles. The zero-order valence-electron chi connectivity index (χ0n) is 17.0. The first kappa shape index (κ1) is 29.6. The average molecular weight is 521 g/mol. The number of fused-ring (bicyclic) bond motifs is 2. The van der Waals surface area contributed by atoms with E-state index in [0.717, 1.165) is 16.4 Å². The molecule has 2 radical (unpaired) electrons. The Labute approximate surface area is 219 Å². The Hall–Kier alpha value is -0.602. The predicted molar refractivity (Wildman–Crippen MR) is 110 cm³/mol. The molecule has 0 N–H and O–H groups in total. The molecule has 142 valence electrons. The summed E-state index contributed by atoms with van der Waals surface area (Å²) in [5, 5.41) is 2.22. The quantitative estimate of drug-likeness (QED) is 0.270. The summed E-state index contributed by atoms with van der Waals surface area (Å²) in [5.41, 5.74) is 1.95. The fraction of sp³-hybridized carbons (Fsp3) is 0.174.